The molecule has 2 heteroatoms. The minimum Gasteiger partial charge on any atom is -0.391 e. The van der Waals surface area contributed by atoms with E-state index in [2.05, 4.69) is 18.7 Å². The Morgan fingerprint density at radius 3 is 2.17 bits per heavy atom. The predicted octanol–water partition coefficient (Wildman–Crippen LogP) is 1.10. The van der Waals surface area contributed by atoms with Crippen molar-refractivity contribution in [2.45, 2.75) is 38.8 Å². The lowest BCUT2D eigenvalue weighted by Gasteiger charge is -2.50. The second-order valence-electron chi connectivity index (χ2n) is 4.60. The van der Waals surface area contributed by atoms with E-state index in [0.717, 1.165) is 0 Å². The first kappa shape index (κ1) is 8.52. The highest BCUT2D eigenvalue weighted by Crippen LogP contribution is 2.35. The van der Waals surface area contributed by atoms with E-state index in [4.69, 9.17) is 0 Å². The Hall–Kier alpha value is -0.0800. The van der Waals surface area contributed by atoms with E-state index < -0.39 is 0 Å². The van der Waals surface area contributed by atoms with Gasteiger partial charge in [-0.3, -0.25) is 4.90 Å². The van der Waals surface area contributed by atoms with E-state index in [1.165, 1.54) is 25.9 Å². The first-order valence-corrected chi connectivity index (χ1v) is 5.12. The van der Waals surface area contributed by atoms with Crippen molar-refractivity contribution in [3.63, 3.8) is 0 Å². The van der Waals surface area contributed by atoms with Crippen LogP contribution in [0, 0.1) is 11.8 Å². The number of rotatable bonds is 1. The summed E-state index contributed by atoms with van der Waals surface area (Å²) in [4.78, 5) is 2.47. The van der Waals surface area contributed by atoms with E-state index >= 15 is 0 Å². The van der Waals surface area contributed by atoms with Crippen molar-refractivity contribution in [3.8, 4) is 0 Å². The molecular formula is C10H19NO. The van der Waals surface area contributed by atoms with Gasteiger partial charge < -0.3 is 5.11 Å². The number of hydrogen-bond acceptors (Lipinski definition) is 2. The van der Waals surface area contributed by atoms with Gasteiger partial charge in [0.25, 0.3) is 0 Å². The van der Waals surface area contributed by atoms with Crippen LogP contribution in [0.1, 0.15) is 26.7 Å². The van der Waals surface area contributed by atoms with E-state index in [1.807, 2.05) is 0 Å². The Bertz CT molecular complexity index is 159. The zero-order valence-corrected chi connectivity index (χ0v) is 8.03. The summed E-state index contributed by atoms with van der Waals surface area (Å²) in [7, 11) is 0. The summed E-state index contributed by atoms with van der Waals surface area (Å²) >= 11 is 0. The van der Waals surface area contributed by atoms with Crippen molar-refractivity contribution in [2.24, 2.45) is 11.8 Å². The zero-order chi connectivity index (χ0) is 8.72. The fraction of sp³-hybridized carbons (Fsp3) is 1.00. The second kappa shape index (κ2) is 3.00. The summed E-state index contributed by atoms with van der Waals surface area (Å²) in [6.45, 7) is 6.86. The fourth-order valence-electron chi connectivity index (χ4n) is 2.87. The molecule has 0 radical (unpaired) electrons. The van der Waals surface area contributed by atoms with Gasteiger partial charge in [0.2, 0.25) is 0 Å². The van der Waals surface area contributed by atoms with E-state index in [9.17, 15) is 5.11 Å². The van der Waals surface area contributed by atoms with Crippen LogP contribution in [0.4, 0.5) is 0 Å². The fourth-order valence-corrected chi connectivity index (χ4v) is 2.87. The third-order valence-corrected chi connectivity index (χ3v) is 3.51. The summed E-state index contributed by atoms with van der Waals surface area (Å²) in [6, 6.07) is 0.442. The molecule has 1 N–H and O–H groups in total. The quantitative estimate of drug-likeness (QED) is 0.635. The van der Waals surface area contributed by atoms with Gasteiger partial charge in [-0.2, -0.15) is 0 Å². The van der Waals surface area contributed by atoms with Crippen LogP contribution in [0.15, 0.2) is 0 Å². The summed E-state index contributed by atoms with van der Waals surface area (Å²) in [5.41, 5.74) is 0. The van der Waals surface area contributed by atoms with Crippen molar-refractivity contribution in [3.05, 3.63) is 0 Å². The maximum Gasteiger partial charge on any atom is 0.0726 e. The number of hydrogen-bond donors (Lipinski definition) is 1. The molecule has 0 spiro atoms. The number of aliphatic hydroxyl groups is 1. The Balaban J connectivity index is 2.12. The maximum absolute atomic E-state index is 9.99. The van der Waals surface area contributed by atoms with Crippen LogP contribution in [-0.2, 0) is 0 Å². The van der Waals surface area contributed by atoms with E-state index in [1.54, 1.807) is 0 Å². The average molecular weight is 169 g/mol. The zero-order valence-electron chi connectivity index (χ0n) is 8.03. The van der Waals surface area contributed by atoms with Gasteiger partial charge in [0.1, 0.15) is 0 Å². The van der Waals surface area contributed by atoms with Crippen molar-refractivity contribution in [1.29, 1.82) is 0 Å². The molecule has 0 aromatic heterocycles. The average Bonchev–Trinajstić information content (AvgIpc) is 2.05. The van der Waals surface area contributed by atoms with Crippen LogP contribution in [-0.4, -0.2) is 35.2 Å². The molecule has 3 fully saturated rings. The van der Waals surface area contributed by atoms with Crippen molar-refractivity contribution in [1.82, 2.24) is 4.90 Å². The third kappa shape index (κ3) is 1.17. The van der Waals surface area contributed by atoms with Crippen LogP contribution in [0.3, 0.4) is 0 Å². The highest BCUT2D eigenvalue weighted by molar-refractivity contribution is 4.95. The van der Waals surface area contributed by atoms with Crippen LogP contribution >= 0.6 is 0 Å². The smallest absolute Gasteiger partial charge is 0.0726 e. The van der Waals surface area contributed by atoms with Gasteiger partial charge in [-0.05, 0) is 37.8 Å². The van der Waals surface area contributed by atoms with Crippen LogP contribution in [0.25, 0.3) is 0 Å². The SMILES string of the molecule is CC(C)C1C(O)C2CCN1CC2. The largest absolute Gasteiger partial charge is 0.391 e. The molecule has 3 heterocycles. The molecule has 3 aliphatic heterocycles. The minimum absolute atomic E-state index is 0.0486. The van der Waals surface area contributed by atoms with E-state index in [0.29, 0.717) is 17.9 Å². The van der Waals surface area contributed by atoms with Gasteiger partial charge in [0, 0.05) is 6.04 Å². The molecule has 3 aliphatic rings. The topological polar surface area (TPSA) is 23.5 Å². The second-order valence-corrected chi connectivity index (χ2v) is 4.60. The van der Waals surface area contributed by atoms with Crippen molar-refractivity contribution in [2.75, 3.05) is 13.1 Å². The monoisotopic (exact) mass is 169 g/mol. The normalized spacial score (nSPS) is 47.0. The van der Waals surface area contributed by atoms with Crippen LogP contribution < -0.4 is 0 Å². The molecule has 70 valence electrons. The highest BCUT2D eigenvalue weighted by atomic mass is 16.3. The summed E-state index contributed by atoms with van der Waals surface area (Å²) in [5, 5.41) is 9.99. The van der Waals surface area contributed by atoms with Gasteiger partial charge in [-0.15, -0.1) is 0 Å². The molecule has 0 aromatic carbocycles. The van der Waals surface area contributed by atoms with Crippen LogP contribution in [0.2, 0.25) is 0 Å². The summed E-state index contributed by atoms with van der Waals surface area (Å²) in [6.07, 6.45) is 2.38. The molecule has 3 rings (SSSR count). The molecule has 3 saturated heterocycles. The first-order valence-electron chi connectivity index (χ1n) is 5.12. The third-order valence-electron chi connectivity index (χ3n) is 3.51. The molecule has 2 atom stereocenters. The standard InChI is InChI=1S/C10H19NO/c1-7(2)9-10(12)8-3-5-11(9)6-4-8/h7-10,12H,3-6H2,1-2H3. The molecule has 0 aromatic rings. The van der Waals surface area contributed by atoms with Crippen molar-refractivity contribution < 1.29 is 5.11 Å². The lowest BCUT2D eigenvalue weighted by atomic mass is 9.77. The minimum atomic E-state index is -0.0486. The summed E-state index contributed by atoms with van der Waals surface area (Å²) in [5.74, 6) is 1.20. The highest BCUT2D eigenvalue weighted by Gasteiger charge is 2.42. The van der Waals surface area contributed by atoms with Gasteiger partial charge in [0.15, 0.2) is 0 Å². The molecular weight excluding hydrogens is 150 g/mol. The molecule has 0 amide bonds. The number of piperidine rings is 3. The van der Waals surface area contributed by atoms with Gasteiger partial charge in [-0.25, -0.2) is 0 Å². The molecule has 0 aliphatic carbocycles. The molecule has 2 nitrogen and oxygen atoms in total. The lowest BCUT2D eigenvalue weighted by molar-refractivity contribution is -0.0880. The number of aliphatic hydroxyl groups excluding tert-OH is 1. The Morgan fingerprint density at radius 2 is 1.83 bits per heavy atom. The Labute approximate surface area is 74.6 Å². The molecule has 2 unspecified atom stereocenters. The van der Waals surface area contributed by atoms with Gasteiger partial charge in [-0.1, -0.05) is 13.8 Å². The molecule has 0 saturated carbocycles. The molecule has 2 bridgehead atoms. The van der Waals surface area contributed by atoms with Gasteiger partial charge in [0.05, 0.1) is 6.10 Å². The van der Waals surface area contributed by atoms with E-state index in [-0.39, 0.29) is 6.10 Å². The Morgan fingerprint density at radius 1 is 1.25 bits per heavy atom. The number of fused-ring (bicyclic) bond motifs is 3. The maximum atomic E-state index is 9.99. The Kier molecular flexibility index (Phi) is 2.13. The van der Waals surface area contributed by atoms with Crippen LogP contribution in [0.5, 0.6) is 0 Å². The predicted molar refractivity (Wildman–Crippen MR) is 48.9 cm³/mol. The van der Waals surface area contributed by atoms with Gasteiger partial charge >= 0.3 is 0 Å². The lowest BCUT2D eigenvalue weighted by Crippen LogP contribution is -2.59. The first-order chi connectivity index (χ1) is 5.70. The van der Waals surface area contributed by atoms with Crippen molar-refractivity contribution >= 4 is 0 Å². The molecule has 12 heavy (non-hydrogen) atoms. The number of nitrogens with zero attached hydrogens (tertiary/aromatic N) is 1. The summed E-state index contributed by atoms with van der Waals surface area (Å²) < 4.78 is 0.